The first-order chi connectivity index (χ1) is 6.57. The lowest BCUT2D eigenvalue weighted by atomic mass is 9.97. The standard InChI is InChI=1S/C10H15N3O/c1-6-3-4-13-10(12)8(6)9(14)7(2)5-11/h3-4,7H,5,11H2,1-2H3,(H2,12,13). The summed E-state index contributed by atoms with van der Waals surface area (Å²) in [5.74, 6) is 0.0473. The van der Waals surface area contributed by atoms with E-state index in [1.807, 2.05) is 6.92 Å². The number of nitrogens with two attached hydrogens (primary N) is 2. The van der Waals surface area contributed by atoms with E-state index in [0.717, 1.165) is 5.56 Å². The maximum Gasteiger partial charge on any atom is 0.170 e. The Kier molecular flexibility index (Phi) is 3.19. The van der Waals surface area contributed by atoms with Gasteiger partial charge in [-0.2, -0.15) is 0 Å². The molecule has 0 amide bonds. The number of hydrogen-bond acceptors (Lipinski definition) is 4. The van der Waals surface area contributed by atoms with Crippen LogP contribution < -0.4 is 11.5 Å². The monoisotopic (exact) mass is 193 g/mol. The molecular weight excluding hydrogens is 178 g/mol. The molecule has 4 nitrogen and oxygen atoms in total. The van der Waals surface area contributed by atoms with Crippen molar-refractivity contribution in [2.75, 3.05) is 12.3 Å². The van der Waals surface area contributed by atoms with Gasteiger partial charge in [-0.25, -0.2) is 4.98 Å². The highest BCUT2D eigenvalue weighted by molar-refractivity contribution is 6.02. The molecule has 0 spiro atoms. The van der Waals surface area contributed by atoms with Gasteiger partial charge < -0.3 is 11.5 Å². The van der Waals surface area contributed by atoms with Crippen LogP contribution in [0.2, 0.25) is 0 Å². The zero-order chi connectivity index (χ0) is 10.7. The van der Waals surface area contributed by atoms with Crippen molar-refractivity contribution in [3.05, 3.63) is 23.4 Å². The van der Waals surface area contributed by atoms with Crippen molar-refractivity contribution in [2.45, 2.75) is 13.8 Å². The van der Waals surface area contributed by atoms with Gasteiger partial charge in [-0.15, -0.1) is 0 Å². The smallest absolute Gasteiger partial charge is 0.170 e. The predicted octanol–water partition coefficient (Wildman–Crippen LogP) is 0.750. The number of pyridine rings is 1. The summed E-state index contributed by atoms with van der Waals surface area (Å²) in [7, 11) is 0. The molecule has 4 N–H and O–H groups in total. The minimum atomic E-state index is -0.208. The highest BCUT2D eigenvalue weighted by Gasteiger charge is 2.18. The molecule has 1 rings (SSSR count). The lowest BCUT2D eigenvalue weighted by Gasteiger charge is -2.11. The predicted molar refractivity (Wildman–Crippen MR) is 55.9 cm³/mol. The van der Waals surface area contributed by atoms with Crippen molar-refractivity contribution in [1.82, 2.24) is 4.98 Å². The van der Waals surface area contributed by atoms with E-state index in [1.165, 1.54) is 0 Å². The van der Waals surface area contributed by atoms with E-state index in [0.29, 0.717) is 12.1 Å². The second kappa shape index (κ2) is 4.19. The molecule has 0 saturated carbocycles. The molecule has 76 valence electrons. The first kappa shape index (κ1) is 10.7. The number of aryl methyl sites for hydroxylation is 1. The number of Topliss-reactive ketones (excluding diaryl/α,β-unsaturated/α-hetero) is 1. The van der Waals surface area contributed by atoms with Crippen LogP contribution in [0.5, 0.6) is 0 Å². The Hall–Kier alpha value is -1.42. The van der Waals surface area contributed by atoms with Crippen LogP contribution in [0, 0.1) is 12.8 Å². The minimum absolute atomic E-state index is 0.0319. The first-order valence-corrected chi connectivity index (χ1v) is 4.53. The molecule has 0 aliphatic carbocycles. The first-order valence-electron chi connectivity index (χ1n) is 4.53. The van der Waals surface area contributed by atoms with Gasteiger partial charge in [-0.3, -0.25) is 4.79 Å². The molecule has 1 unspecified atom stereocenters. The number of carbonyl (C=O) groups is 1. The number of carbonyl (C=O) groups excluding carboxylic acids is 1. The Morgan fingerprint density at radius 1 is 1.64 bits per heavy atom. The van der Waals surface area contributed by atoms with Crippen molar-refractivity contribution in [1.29, 1.82) is 0 Å². The minimum Gasteiger partial charge on any atom is -0.383 e. The highest BCUT2D eigenvalue weighted by Crippen LogP contribution is 2.17. The van der Waals surface area contributed by atoms with Crippen molar-refractivity contribution < 1.29 is 4.79 Å². The molecule has 0 aliphatic rings. The zero-order valence-corrected chi connectivity index (χ0v) is 8.45. The molecule has 4 heteroatoms. The van der Waals surface area contributed by atoms with Crippen molar-refractivity contribution in [2.24, 2.45) is 11.7 Å². The summed E-state index contributed by atoms with van der Waals surface area (Å²) >= 11 is 0. The van der Waals surface area contributed by atoms with Gasteiger partial charge in [0.05, 0.1) is 5.56 Å². The molecule has 0 saturated heterocycles. The van der Waals surface area contributed by atoms with Gasteiger partial charge in [0.2, 0.25) is 0 Å². The van der Waals surface area contributed by atoms with Crippen LogP contribution in [0.4, 0.5) is 5.82 Å². The Morgan fingerprint density at radius 2 is 2.29 bits per heavy atom. The summed E-state index contributed by atoms with van der Waals surface area (Å²) in [5, 5.41) is 0. The van der Waals surface area contributed by atoms with Gasteiger partial charge in [0, 0.05) is 18.7 Å². The average Bonchev–Trinajstić information content (AvgIpc) is 2.16. The van der Waals surface area contributed by atoms with E-state index in [1.54, 1.807) is 19.2 Å². The Labute approximate surface area is 83.3 Å². The van der Waals surface area contributed by atoms with E-state index in [4.69, 9.17) is 11.5 Å². The molecule has 1 atom stereocenters. The second-order valence-corrected chi connectivity index (χ2v) is 3.39. The van der Waals surface area contributed by atoms with Crippen molar-refractivity contribution >= 4 is 11.6 Å². The van der Waals surface area contributed by atoms with Crippen LogP contribution in [0.3, 0.4) is 0 Å². The normalized spacial score (nSPS) is 12.5. The fraction of sp³-hybridized carbons (Fsp3) is 0.400. The topological polar surface area (TPSA) is 82.0 Å². The number of anilines is 1. The summed E-state index contributed by atoms with van der Waals surface area (Å²) in [6.07, 6.45) is 1.59. The lowest BCUT2D eigenvalue weighted by molar-refractivity contribution is 0.0934. The third-order valence-electron chi connectivity index (χ3n) is 2.24. The van der Waals surface area contributed by atoms with Crippen LogP contribution >= 0.6 is 0 Å². The van der Waals surface area contributed by atoms with Gasteiger partial charge in [-0.05, 0) is 18.6 Å². The number of nitrogen functional groups attached to an aromatic ring is 1. The van der Waals surface area contributed by atoms with Crippen LogP contribution in [0.25, 0.3) is 0 Å². The van der Waals surface area contributed by atoms with Gasteiger partial charge >= 0.3 is 0 Å². The molecule has 0 bridgehead atoms. The van der Waals surface area contributed by atoms with Gasteiger partial charge in [0.1, 0.15) is 5.82 Å². The van der Waals surface area contributed by atoms with Crippen molar-refractivity contribution in [3.63, 3.8) is 0 Å². The van der Waals surface area contributed by atoms with E-state index in [9.17, 15) is 4.79 Å². The van der Waals surface area contributed by atoms with Crippen molar-refractivity contribution in [3.8, 4) is 0 Å². The fourth-order valence-electron chi connectivity index (χ4n) is 1.25. The SMILES string of the molecule is Cc1ccnc(N)c1C(=O)C(C)CN. The Morgan fingerprint density at radius 3 is 2.79 bits per heavy atom. The quantitative estimate of drug-likeness (QED) is 0.694. The summed E-state index contributed by atoms with van der Waals surface area (Å²) in [4.78, 5) is 15.7. The van der Waals surface area contributed by atoms with Gasteiger partial charge in [0.25, 0.3) is 0 Å². The number of hydrogen-bond donors (Lipinski definition) is 2. The Bertz CT molecular complexity index is 329. The van der Waals surface area contributed by atoms with Gasteiger partial charge in [0.15, 0.2) is 5.78 Å². The van der Waals surface area contributed by atoms with Crippen LogP contribution in [-0.2, 0) is 0 Å². The second-order valence-electron chi connectivity index (χ2n) is 3.39. The lowest BCUT2D eigenvalue weighted by Crippen LogP contribution is -2.22. The Balaban J connectivity index is 3.12. The van der Waals surface area contributed by atoms with E-state index >= 15 is 0 Å². The number of nitrogens with zero attached hydrogens (tertiary/aromatic N) is 1. The third-order valence-corrected chi connectivity index (χ3v) is 2.24. The molecule has 1 aromatic heterocycles. The largest absolute Gasteiger partial charge is 0.383 e. The molecule has 0 aromatic carbocycles. The number of aromatic nitrogens is 1. The highest BCUT2D eigenvalue weighted by atomic mass is 16.1. The number of ketones is 1. The van der Waals surface area contributed by atoms with E-state index < -0.39 is 0 Å². The molecule has 0 radical (unpaired) electrons. The maximum absolute atomic E-state index is 11.8. The summed E-state index contributed by atoms with van der Waals surface area (Å²) < 4.78 is 0. The third kappa shape index (κ3) is 1.90. The van der Waals surface area contributed by atoms with Gasteiger partial charge in [-0.1, -0.05) is 6.92 Å². The van der Waals surface area contributed by atoms with Crippen LogP contribution in [0.15, 0.2) is 12.3 Å². The fourth-order valence-corrected chi connectivity index (χ4v) is 1.25. The molecule has 1 aromatic rings. The summed E-state index contributed by atoms with van der Waals surface area (Å²) in [6, 6.07) is 1.77. The van der Waals surface area contributed by atoms with Crippen LogP contribution in [-0.4, -0.2) is 17.3 Å². The van der Waals surface area contributed by atoms with E-state index in [-0.39, 0.29) is 17.5 Å². The average molecular weight is 193 g/mol. The molecule has 0 aliphatic heterocycles. The molecule has 14 heavy (non-hydrogen) atoms. The van der Waals surface area contributed by atoms with Crippen LogP contribution in [0.1, 0.15) is 22.8 Å². The summed E-state index contributed by atoms with van der Waals surface area (Å²) in [6.45, 7) is 3.95. The summed E-state index contributed by atoms with van der Waals surface area (Å²) in [5.41, 5.74) is 12.4. The molecule has 0 fully saturated rings. The number of rotatable bonds is 3. The molecule has 1 heterocycles. The van der Waals surface area contributed by atoms with E-state index in [2.05, 4.69) is 4.98 Å². The molecular formula is C10H15N3O. The maximum atomic E-state index is 11.8. The zero-order valence-electron chi connectivity index (χ0n) is 8.45.